The van der Waals surface area contributed by atoms with E-state index < -0.39 is 0 Å². The number of aromatic nitrogens is 2. The molecular weight excluding hydrogens is 334 g/mol. The van der Waals surface area contributed by atoms with Crippen LogP contribution in [0.2, 0.25) is 0 Å². The van der Waals surface area contributed by atoms with Crippen LogP contribution in [0.4, 0.5) is 0 Å². The van der Waals surface area contributed by atoms with Gasteiger partial charge in [-0.25, -0.2) is 4.98 Å². The van der Waals surface area contributed by atoms with Crippen LogP contribution in [0.25, 0.3) is 11.1 Å². The number of carbonyl (C=O) groups is 1. The Balaban J connectivity index is 1.74. The van der Waals surface area contributed by atoms with Crippen LogP contribution in [0.3, 0.4) is 0 Å². The maximum atomic E-state index is 13.5. The Morgan fingerprint density at radius 3 is 2.88 bits per heavy atom. The highest BCUT2D eigenvalue weighted by Crippen LogP contribution is 2.44. The molecule has 0 bridgehead atoms. The van der Waals surface area contributed by atoms with Crippen LogP contribution in [0, 0.1) is 13.8 Å². The van der Waals surface area contributed by atoms with Crippen molar-refractivity contribution in [1.82, 2.24) is 15.0 Å². The molecule has 1 amide bonds. The summed E-state index contributed by atoms with van der Waals surface area (Å²) in [6.07, 6.45) is 3.69. The van der Waals surface area contributed by atoms with Gasteiger partial charge in [0.1, 0.15) is 0 Å². The molecule has 7 heteroatoms. The molecule has 2 aromatic rings. The maximum Gasteiger partial charge on any atom is 0.258 e. The van der Waals surface area contributed by atoms with Gasteiger partial charge in [0.05, 0.1) is 34.4 Å². The van der Waals surface area contributed by atoms with Gasteiger partial charge in [0.15, 0.2) is 0 Å². The lowest BCUT2D eigenvalue weighted by atomic mass is 9.79. The molecule has 1 aliphatic carbocycles. The highest BCUT2D eigenvalue weighted by Gasteiger charge is 2.52. The van der Waals surface area contributed by atoms with Crippen LogP contribution in [0.1, 0.15) is 47.4 Å². The summed E-state index contributed by atoms with van der Waals surface area (Å²) in [5.74, 6) is -0.00696. The zero-order valence-electron chi connectivity index (χ0n) is 15.7. The molecule has 3 atom stereocenters. The Labute approximate surface area is 152 Å². The third-order valence-corrected chi connectivity index (χ3v) is 6.11. The van der Waals surface area contributed by atoms with Crippen LogP contribution in [0.15, 0.2) is 10.6 Å². The van der Waals surface area contributed by atoms with Gasteiger partial charge in [0.2, 0.25) is 0 Å². The quantitative estimate of drug-likeness (QED) is 0.838. The highest BCUT2D eigenvalue weighted by molar-refractivity contribution is 6.06. The van der Waals surface area contributed by atoms with E-state index in [2.05, 4.69) is 10.1 Å². The number of nitrogens with zero attached hydrogens (tertiary/aromatic N) is 3. The van der Waals surface area contributed by atoms with Crippen molar-refractivity contribution >= 4 is 17.0 Å². The molecule has 0 unspecified atom stereocenters. The summed E-state index contributed by atoms with van der Waals surface area (Å²) >= 11 is 0. The van der Waals surface area contributed by atoms with Crippen molar-refractivity contribution < 1.29 is 18.8 Å². The van der Waals surface area contributed by atoms with Crippen molar-refractivity contribution in [1.29, 1.82) is 0 Å². The van der Waals surface area contributed by atoms with Crippen LogP contribution in [-0.2, 0) is 9.47 Å². The summed E-state index contributed by atoms with van der Waals surface area (Å²) in [4.78, 5) is 19.8. The molecule has 2 aromatic heterocycles. The van der Waals surface area contributed by atoms with Crippen LogP contribution >= 0.6 is 0 Å². The van der Waals surface area contributed by atoms with Crippen molar-refractivity contribution in [3.05, 3.63) is 23.0 Å². The number of hydrogen-bond donors (Lipinski definition) is 0. The van der Waals surface area contributed by atoms with Gasteiger partial charge in [0, 0.05) is 26.5 Å². The lowest BCUT2D eigenvalue weighted by molar-refractivity contribution is -0.0893. The summed E-state index contributed by atoms with van der Waals surface area (Å²) in [6.45, 7) is 4.38. The molecule has 0 radical (unpaired) electrons. The van der Waals surface area contributed by atoms with E-state index in [0.717, 1.165) is 31.4 Å². The van der Waals surface area contributed by atoms with Gasteiger partial charge in [-0.2, -0.15) is 0 Å². The minimum Gasteiger partial charge on any atom is -0.381 e. The number of fused-ring (bicyclic) bond motifs is 2. The summed E-state index contributed by atoms with van der Waals surface area (Å²) in [7, 11) is 3.49. The predicted octanol–water partition coefficient (Wildman–Crippen LogP) is 2.64. The first-order chi connectivity index (χ1) is 12.5. The second kappa shape index (κ2) is 6.32. The van der Waals surface area contributed by atoms with Gasteiger partial charge >= 0.3 is 0 Å². The standard InChI is InChI=1S/C19H25N3O4/c1-11-9-14(16-12(2)21-26-17(16)20-11)18(23)22-8-7-19(25-4)6-5-13(24-3)10-15(19)22/h9,13,15H,5-8,10H2,1-4H3/t13-,15+,19-/m1/s1. The Morgan fingerprint density at radius 2 is 2.15 bits per heavy atom. The number of amides is 1. The number of ether oxygens (including phenoxy) is 2. The molecule has 4 rings (SSSR count). The van der Waals surface area contributed by atoms with Gasteiger partial charge in [-0.05, 0) is 45.6 Å². The van der Waals surface area contributed by atoms with E-state index in [-0.39, 0.29) is 23.7 Å². The monoisotopic (exact) mass is 359 g/mol. The third kappa shape index (κ3) is 2.53. The molecule has 26 heavy (non-hydrogen) atoms. The average Bonchev–Trinajstić information content (AvgIpc) is 3.21. The number of pyridine rings is 1. The summed E-state index contributed by atoms with van der Waals surface area (Å²) in [6, 6.07) is 1.85. The fraction of sp³-hybridized carbons (Fsp3) is 0.632. The van der Waals surface area contributed by atoms with Crippen molar-refractivity contribution in [2.45, 2.75) is 57.3 Å². The smallest absolute Gasteiger partial charge is 0.258 e. The van der Waals surface area contributed by atoms with Gasteiger partial charge in [-0.1, -0.05) is 5.16 Å². The molecule has 1 aliphatic heterocycles. The largest absolute Gasteiger partial charge is 0.381 e. The normalized spacial score (nSPS) is 28.5. The van der Waals surface area contributed by atoms with Crippen molar-refractivity contribution in [2.75, 3.05) is 20.8 Å². The second-order valence-corrected chi connectivity index (χ2v) is 7.42. The molecular formula is C19H25N3O4. The molecule has 0 spiro atoms. The first kappa shape index (κ1) is 17.4. The van der Waals surface area contributed by atoms with E-state index in [1.807, 2.05) is 24.8 Å². The Bertz CT molecular complexity index is 849. The summed E-state index contributed by atoms with van der Waals surface area (Å²) in [5, 5.41) is 4.69. The molecule has 140 valence electrons. The van der Waals surface area contributed by atoms with Crippen molar-refractivity contribution in [2.24, 2.45) is 0 Å². The number of rotatable bonds is 3. The highest BCUT2D eigenvalue weighted by atomic mass is 16.5. The molecule has 3 heterocycles. The summed E-state index contributed by atoms with van der Waals surface area (Å²) in [5.41, 5.74) is 2.19. The first-order valence-electron chi connectivity index (χ1n) is 9.11. The zero-order chi connectivity index (χ0) is 18.5. The van der Waals surface area contributed by atoms with Gasteiger partial charge < -0.3 is 18.9 Å². The van der Waals surface area contributed by atoms with Crippen LogP contribution in [0.5, 0.6) is 0 Å². The third-order valence-electron chi connectivity index (χ3n) is 6.11. The van der Waals surface area contributed by atoms with Gasteiger partial charge in [-0.15, -0.1) is 0 Å². The van der Waals surface area contributed by atoms with Crippen molar-refractivity contribution in [3.8, 4) is 0 Å². The lowest BCUT2D eigenvalue weighted by Gasteiger charge is -2.43. The summed E-state index contributed by atoms with van der Waals surface area (Å²) < 4.78 is 16.8. The molecule has 1 saturated heterocycles. The number of carbonyl (C=O) groups excluding carboxylic acids is 1. The number of aryl methyl sites for hydroxylation is 2. The fourth-order valence-corrected chi connectivity index (χ4v) is 4.66. The van der Waals surface area contributed by atoms with E-state index >= 15 is 0 Å². The predicted molar refractivity (Wildman–Crippen MR) is 95.1 cm³/mol. The topological polar surface area (TPSA) is 77.7 Å². The molecule has 1 saturated carbocycles. The maximum absolute atomic E-state index is 13.5. The zero-order valence-corrected chi connectivity index (χ0v) is 15.7. The van der Waals surface area contributed by atoms with Gasteiger partial charge in [0.25, 0.3) is 11.6 Å². The van der Waals surface area contributed by atoms with E-state index in [1.54, 1.807) is 14.2 Å². The molecule has 7 nitrogen and oxygen atoms in total. The Kier molecular flexibility index (Phi) is 4.23. The van der Waals surface area contributed by atoms with E-state index in [4.69, 9.17) is 14.0 Å². The van der Waals surface area contributed by atoms with Crippen LogP contribution in [-0.4, -0.2) is 59.5 Å². The van der Waals surface area contributed by atoms with Gasteiger partial charge in [-0.3, -0.25) is 4.79 Å². The van der Waals surface area contributed by atoms with E-state index in [9.17, 15) is 4.79 Å². The fourth-order valence-electron chi connectivity index (χ4n) is 4.66. The first-order valence-corrected chi connectivity index (χ1v) is 9.11. The minimum atomic E-state index is -0.268. The van der Waals surface area contributed by atoms with Crippen LogP contribution < -0.4 is 0 Å². The molecule has 0 N–H and O–H groups in total. The number of methoxy groups -OCH3 is 2. The Morgan fingerprint density at radius 1 is 1.35 bits per heavy atom. The Hall–Kier alpha value is -1.99. The molecule has 0 aromatic carbocycles. The second-order valence-electron chi connectivity index (χ2n) is 7.42. The number of likely N-dealkylation sites (tertiary alicyclic amines) is 1. The molecule has 2 fully saturated rings. The lowest BCUT2D eigenvalue weighted by Crippen LogP contribution is -2.53. The molecule has 2 aliphatic rings. The minimum absolute atomic E-state index is 0.00696. The van der Waals surface area contributed by atoms with Crippen molar-refractivity contribution in [3.63, 3.8) is 0 Å². The average molecular weight is 359 g/mol. The van der Waals surface area contributed by atoms with E-state index in [1.165, 1.54) is 0 Å². The number of hydrogen-bond acceptors (Lipinski definition) is 6. The SMILES string of the molecule is CO[C@@H]1CC[C@@]2(OC)CCN(C(=O)c3cc(C)nc4onc(C)c34)[C@H]2C1. The van der Waals surface area contributed by atoms with E-state index in [0.29, 0.717) is 28.9 Å².